The average molecular weight is 933 g/mol. The Labute approximate surface area is 401 Å². The van der Waals surface area contributed by atoms with Gasteiger partial charge in [-0.1, -0.05) is 197 Å². The van der Waals surface area contributed by atoms with Gasteiger partial charge >= 0.3 is 5.97 Å². The lowest BCUT2D eigenvalue weighted by Gasteiger charge is -2.30. The molecule has 0 aromatic heterocycles. The Bertz CT molecular complexity index is 1300. The van der Waals surface area contributed by atoms with Crippen molar-refractivity contribution in [3.05, 3.63) is 60.8 Å². The fraction of sp³-hybridized carbons (Fsp3) is 0.782. The maximum Gasteiger partial charge on any atom is 0.306 e. The van der Waals surface area contributed by atoms with E-state index in [1.54, 1.807) is 6.08 Å². The number of ether oxygens (including phenoxy) is 1. The lowest BCUT2D eigenvalue weighted by molar-refractivity contribution is -0.870. The first-order valence-corrected chi connectivity index (χ1v) is 28.1. The number of hydrogen-bond acceptors (Lipinski definition) is 7. The number of allylic oxidation sites excluding steroid dienone is 9. The lowest BCUT2D eigenvalue weighted by atomic mass is 10.1. The minimum atomic E-state index is -4.70. The number of esters is 1. The van der Waals surface area contributed by atoms with Gasteiger partial charge in [-0.15, -0.1) is 0 Å². The molecule has 0 aliphatic carbocycles. The third kappa shape index (κ3) is 46.6. The molecule has 0 saturated heterocycles. The molecule has 0 spiro atoms. The number of nitrogens with one attached hydrogen (secondary N) is 1. The topological polar surface area (TPSA) is 114 Å². The van der Waals surface area contributed by atoms with Crippen LogP contribution in [0.5, 0.6) is 0 Å². The molecule has 10 heteroatoms. The molecule has 378 valence electrons. The highest BCUT2D eigenvalue weighted by molar-refractivity contribution is 7.45. The molecule has 3 atom stereocenters. The second kappa shape index (κ2) is 45.5. The van der Waals surface area contributed by atoms with Crippen LogP contribution in [0.15, 0.2) is 60.8 Å². The SMILES string of the molecule is CCCCC/C=C/C=C/CCCCCCCCC(=O)NC(COP(=O)([O-])OCC[N+](C)(C)C)C(/C=C/CCCCCCCCCCC)OC(=O)CC/C=C/C/C=C\CCCCCCCC. The van der Waals surface area contributed by atoms with E-state index in [0.717, 1.165) is 83.5 Å². The van der Waals surface area contributed by atoms with E-state index in [2.05, 4.69) is 68.6 Å². The Hall–Kier alpha value is -2.29. The third-order valence-electron chi connectivity index (χ3n) is 11.5. The number of quaternary nitrogens is 1. The number of unbranched alkanes of at least 4 members (excludes halogenated alkanes) is 24. The highest BCUT2D eigenvalue weighted by Gasteiger charge is 2.27. The number of amides is 1. The Morgan fingerprint density at radius 3 is 1.54 bits per heavy atom. The zero-order valence-electron chi connectivity index (χ0n) is 42.9. The summed E-state index contributed by atoms with van der Waals surface area (Å²) in [7, 11) is 1.15. The van der Waals surface area contributed by atoms with Gasteiger partial charge in [-0.2, -0.15) is 0 Å². The number of rotatable bonds is 47. The quantitative estimate of drug-likeness (QED) is 0.0161. The van der Waals surface area contributed by atoms with Gasteiger partial charge in [0.1, 0.15) is 19.3 Å². The van der Waals surface area contributed by atoms with Gasteiger partial charge in [-0.05, 0) is 76.7 Å². The molecule has 0 aliphatic heterocycles. The Kier molecular flexibility index (Phi) is 43.9. The van der Waals surface area contributed by atoms with Crippen LogP contribution < -0.4 is 10.2 Å². The number of nitrogens with zero attached hydrogens (tertiary/aromatic N) is 1. The van der Waals surface area contributed by atoms with Gasteiger partial charge in [0.15, 0.2) is 0 Å². The summed E-state index contributed by atoms with van der Waals surface area (Å²) in [5, 5.41) is 2.99. The fourth-order valence-corrected chi connectivity index (χ4v) is 7.99. The second-order valence-corrected chi connectivity index (χ2v) is 20.5. The summed E-state index contributed by atoms with van der Waals surface area (Å²) >= 11 is 0. The lowest BCUT2D eigenvalue weighted by Crippen LogP contribution is -2.47. The van der Waals surface area contributed by atoms with E-state index in [1.165, 1.54) is 103 Å². The predicted molar refractivity (Wildman–Crippen MR) is 275 cm³/mol. The molecule has 0 aliphatic rings. The Morgan fingerprint density at radius 2 is 1.00 bits per heavy atom. The first-order chi connectivity index (χ1) is 31.4. The van der Waals surface area contributed by atoms with Gasteiger partial charge in [-0.25, -0.2) is 0 Å². The maximum absolute atomic E-state index is 13.4. The van der Waals surface area contributed by atoms with Crippen molar-refractivity contribution in [2.24, 2.45) is 0 Å². The van der Waals surface area contributed by atoms with E-state index in [9.17, 15) is 19.0 Å². The molecular weight excluding hydrogens is 832 g/mol. The van der Waals surface area contributed by atoms with Crippen LogP contribution in [-0.4, -0.2) is 69.4 Å². The van der Waals surface area contributed by atoms with Crippen molar-refractivity contribution in [1.29, 1.82) is 0 Å². The zero-order chi connectivity index (χ0) is 48.0. The summed E-state index contributed by atoms with van der Waals surface area (Å²) in [4.78, 5) is 39.6. The van der Waals surface area contributed by atoms with Crippen LogP contribution in [0, 0.1) is 0 Å². The van der Waals surface area contributed by atoms with Crippen LogP contribution in [0.3, 0.4) is 0 Å². The first-order valence-electron chi connectivity index (χ1n) is 26.6. The number of phosphoric ester groups is 1. The van der Waals surface area contributed by atoms with E-state index >= 15 is 0 Å². The number of phosphoric acid groups is 1. The molecule has 0 saturated carbocycles. The molecular formula is C55H101N2O7P. The van der Waals surface area contributed by atoms with Crippen molar-refractivity contribution in [3.8, 4) is 0 Å². The van der Waals surface area contributed by atoms with Gasteiger partial charge in [-0.3, -0.25) is 14.2 Å². The molecule has 0 bridgehead atoms. The van der Waals surface area contributed by atoms with Crippen molar-refractivity contribution in [3.63, 3.8) is 0 Å². The molecule has 0 fully saturated rings. The zero-order valence-corrected chi connectivity index (χ0v) is 43.8. The number of hydrogen-bond donors (Lipinski definition) is 1. The summed E-state index contributed by atoms with van der Waals surface area (Å²) in [6.45, 7) is 6.73. The van der Waals surface area contributed by atoms with E-state index in [1.807, 2.05) is 33.3 Å². The van der Waals surface area contributed by atoms with Crippen LogP contribution in [0.1, 0.15) is 226 Å². The summed E-state index contributed by atoms with van der Waals surface area (Å²) in [5.74, 6) is -0.636. The van der Waals surface area contributed by atoms with Crippen molar-refractivity contribution < 1.29 is 37.3 Å². The van der Waals surface area contributed by atoms with Crippen molar-refractivity contribution in [1.82, 2.24) is 5.32 Å². The largest absolute Gasteiger partial charge is 0.756 e. The van der Waals surface area contributed by atoms with Gasteiger partial charge in [0.25, 0.3) is 7.82 Å². The highest BCUT2D eigenvalue weighted by Crippen LogP contribution is 2.38. The molecule has 3 unspecified atom stereocenters. The van der Waals surface area contributed by atoms with Crippen LogP contribution in [0.4, 0.5) is 0 Å². The van der Waals surface area contributed by atoms with E-state index in [4.69, 9.17) is 13.8 Å². The van der Waals surface area contributed by atoms with Crippen molar-refractivity contribution in [2.75, 3.05) is 40.9 Å². The molecule has 1 N–H and O–H groups in total. The van der Waals surface area contributed by atoms with Crippen LogP contribution in [0.2, 0.25) is 0 Å². The number of carbonyl (C=O) groups excluding carboxylic acids is 2. The fourth-order valence-electron chi connectivity index (χ4n) is 7.27. The van der Waals surface area contributed by atoms with Crippen LogP contribution in [0.25, 0.3) is 0 Å². The smallest absolute Gasteiger partial charge is 0.306 e. The van der Waals surface area contributed by atoms with Crippen LogP contribution in [-0.2, 0) is 27.9 Å². The molecule has 0 radical (unpaired) electrons. The maximum atomic E-state index is 13.4. The third-order valence-corrected chi connectivity index (χ3v) is 12.4. The Balaban J connectivity index is 5.49. The second-order valence-electron chi connectivity index (χ2n) is 19.0. The monoisotopic (exact) mass is 933 g/mol. The van der Waals surface area contributed by atoms with Gasteiger partial charge in [0.05, 0.1) is 33.8 Å². The average Bonchev–Trinajstić information content (AvgIpc) is 3.26. The van der Waals surface area contributed by atoms with Gasteiger partial charge in [0.2, 0.25) is 5.91 Å². The molecule has 0 heterocycles. The normalized spacial score (nSPS) is 14.4. The number of carbonyl (C=O) groups is 2. The summed E-state index contributed by atoms with van der Waals surface area (Å²) < 4.78 is 30.0. The minimum absolute atomic E-state index is 0.0337. The van der Waals surface area contributed by atoms with E-state index in [0.29, 0.717) is 23.9 Å². The molecule has 0 aromatic rings. The van der Waals surface area contributed by atoms with Crippen molar-refractivity contribution >= 4 is 19.7 Å². The summed E-state index contributed by atoms with van der Waals surface area (Å²) in [5.41, 5.74) is 0. The minimum Gasteiger partial charge on any atom is -0.756 e. The predicted octanol–water partition coefficient (Wildman–Crippen LogP) is 14.9. The van der Waals surface area contributed by atoms with Crippen LogP contribution >= 0.6 is 7.82 Å². The molecule has 9 nitrogen and oxygen atoms in total. The van der Waals surface area contributed by atoms with Gasteiger partial charge < -0.3 is 28.5 Å². The molecule has 0 rings (SSSR count). The van der Waals surface area contributed by atoms with E-state index < -0.39 is 32.5 Å². The molecule has 65 heavy (non-hydrogen) atoms. The van der Waals surface area contributed by atoms with Gasteiger partial charge in [0, 0.05) is 12.8 Å². The first kappa shape index (κ1) is 62.7. The summed E-state index contributed by atoms with van der Waals surface area (Å²) in [6, 6.07) is -0.915. The number of likely N-dealkylation sites (N-methyl/N-ethyl adjacent to an activating group) is 1. The Morgan fingerprint density at radius 1 is 0.554 bits per heavy atom. The molecule has 1 amide bonds. The van der Waals surface area contributed by atoms with E-state index in [-0.39, 0.29) is 18.9 Å². The summed E-state index contributed by atoms with van der Waals surface area (Å²) in [6.07, 6.45) is 54.8. The molecule has 0 aromatic carbocycles. The standard InChI is InChI=1S/C55H101N2O7P/c1-7-10-13-16-19-22-25-27-28-30-32-35-38-41-44-47-54(58)56-52(51-63-65(60,61)62-50-49-57(4,5)6)53(46-43-40-37-34-31-24-21-18-15-12-9-3)64-55(59)48-45-42-39-36-33-29-26-23-20-17-14-11-8-2/h19,22,25,27,29,33,39,42-43,46,52-53H,7-18,20-21,23-24,26,28,30-32,34-38,40-41,44-45,47-51H2,1-6H3,(H-,56,58,60,61)/b22-19+,27-25+,33-29-,42-39+,46-43+. The van der Waals surface area contributed by atoms with Crippen molar-refractivity contribution in [2.45, 2.75) is 238 Å². The highest BCUT2D eigenvalue weighted by atomic mass is 31.2.